The lowest BCUT2D eigenvalue weighted by Crippen LogP contribution is -2.35. The number of nitrogens with zero attached hydrogens (tertiary/aromatic N) is 1. The highest BCUT2D eigenvalue weighted by Crippen LogP contribution is 2.34. The summed E-state index contributed by atoms with van der Waals surface area (Å²) in [5, 5.41) is 5.68. The topological polar surface area (TPSA) is 61.4 Å². The maximum atomic E-state index is 13.0. The Morgan fingerprint density at radius 2 is 1.67 bits per heavy atom. The maximum Gasteiger partial charge on any atom is 0.418 e. The molecule has 0 atom stereocenters. The molecule has 2 amide bonds. The first-order valence-electron chi connectivity index (χ1n) is 9.03. The number of alkyl halides is 3. The molecule has 0 unspecified atom stereocenters. The van der Waals surface area contributed by atoms with Gasteiger partial charge in [-0.15, -0.1) is 0 Å². The predicted molar refractivity (Wildman–Crippen MR) is 112 cm³/mol. The van der Waals surface area contributed by atoms with E-state index < -0.39 is 17.6 Å². The Labute approximate surface area is 182 Å². The second kappa shape index (κ2) is 10.7. The normalized spacial score (nSPS) is 11.4. The van der Waals surface area contributed by atoms with Gasteiger partial charge in [-0.3, -0.25) is 14.5 Å². The summed E-state index contributed by atoms with van der Waals surface area (Å²) in [7, 11) is 0. The molecule has 0 aliphatic carbocycles. The highest BCUT2D eigenvalue weighted by atomic mass is 35.5. The number of rotatable bonds is 8. The van der Waals surface area contributed by atoms with Crippen molar-refractivity contribution in [3.05, 3.63) is 58.1 Å². The van der Waals surface area contributed by atoms with Crippen LogP contribution in [0.15, 0.2) is 42.5 Å². The fraction of sp³-hybridized carbons (Fsp3) is 0.300. The molecule has 2 aromatic carbocycles. The van der Waals surface area contributed by atoms with Crippen molar-refractivity contribution >= 4 is 46.4 Å². The summed E-state index contributed by atoms with van der Waals surface area (Å²) in [6.07, 6.45) is -4.52. The van der Waals surface area contributed by atoms with Gasteiger partial charge in [0.05, 0.1) is 28.5 Å². The van der Waals surface area contributed by atoms with E-state index in [1.54, 1.807) is 24.0 Å². The Morgan fingerprint density at radius 1 is 1.00 bits per heavy atom. The molecule has 0 aromatic heterocycles. The van der Waals surface area contributed by atoms with Gasteiger partial charge in [0.1, 0.15) is 0 Å². The number of benzene rings is 2. The first kappa shape index (κ1) is 24.0. The van der Waals surface area contributed by atoms with Crippen molar-refractivity contribution in [1.29, 1.82) is 0 Å². The van der Waals surface area contributed by atoms with Gasteiger partial charge in [0.15, 0.2) is 0 Å². The van der Waals surface area contributed by atoms with Crippen molar-refractivity contribution in [2.75, 3.05) is 30.3 Å². The first-order chi connectivity index (χ1) is 14.1. The van der Waals surface area contributed by atoms with Crippen molar-refractivity contribution in [2.45, 2.75) is 19.5 Å². The van der Waals surface area contributed by atoms with Gasteiger partial charge in [0.25, 0.3) is 0 Å². The number of likely N-dealkylation sites (N-methyl/N-ethyl adjacent to an activating group) is 1. The predicted octanol–water partition coefficient (Wildman–Crippen LogP) is 5.30. The standard InChI is InChI=1S/C20H20Cl2F3N3O2/c1-2-28(10-9-18(29)27-17-11-13(21)7-8-15(17)22)12-19(30)26-16-6-4-3-5-14(16)20(23,24)25/h3-8,11H,2,9-10,12H2,1H3,(H,26,30)(H,27,29). The molecule has 0 saturated heterocycles. The maximum absolute atomic E-state index is 13.0. The van der Waals surface area contributed by atoms with Crippen LogP contribution >= 0.6 is 23.2 Å². The van der Waals surface area contributed by atoms with Crippen molar-refractivity contribution < 1.29 is 22.8 Å². The Bertz CT molecular complexity index is 907. The Morgan fingerprint density at radius 3 is 2.33 bits per heavy atom. The summed E-state index contributed by atoms with van der Waals surface area (Å²) in [5.41, 5.74) is -0.850. The summed E-state index contributed by atoms with van der Waals surface area (Å²) in [6, 6.07) is 9.42. The zero-order valence-electron chi connectivity index (χ0n) is 16.0. The average molecular weight is 462 g/mol. The number of hydrogen-bond acceptors (Lipinski definition) is 3. The minimum atomic E-state index is -4.58. The highest BCUT2D eigenvalue weighted by Gasteiger charge is 2.33. The van der Waals surface area contributed by atoms with E-state index in [1.807, 2.05) is 0 Å². The van der Waals surface area contributed by atoms with Crippen LogP contribution in [0.3, 0.4) is 0 Å². The minimum absolute atomic E-state index is 0.0586. The van der Waals surface area contributed by atoms with Gasteiger partial charge in [-0.2, -0.15) is 13.2 Å². The van der Waals surface area contributed by atoms with Crippen LogP contribution in [0.25, 0.3) is 0 Å². The van der Waals surface area contributed by atoms with Gasteiger partial charge in [-0.25, -0.2) is 0 Å². The average Bonchev–Trinajstić information content (AvgIpc) is 2.67. The fourth-order valence-corrected chi connectivity index (χ4v) is 2.98. The summed E-state index contributed by atoms with van der Waals surface area (Å²) in [5.74, 6) is -0.938. The largest absolute Gasteiger partial charge is 0.418 e. The highest BCUT2D eigenvalue weighted by molar-refractivity contribution is 6.35. The third-order valence-corrected chi connectivity index (χ3v) is 4.74. The van der Waals surface area contributed by atoms with Gasteiger partial charge >= 0.3 is 6.18 Å². The van der Waals surface area contributed by atoms with Crippen molar-refractivity contribution in [1.82, 2.24) is 4.90 Å². The van der Waals surface area contributed by atoms with E-state index in [1.165, 1.54) is 24.3 Å². The number of carbonyl (C=O) groups is 2. The molecular weight excluding hydrogens is 442 g/mol. The van der Waals surface area contributed by atoms with Crippen LogP contribution in [0.4, 0.5) is 24.5 Å². The van der Waals surface area contributed by atoms with Crippen LogP contribution < -0.4 is 10.6 Å². The van der Waals surface area contributed by atoms with Crippen molar-refractivity contribution in [3.8, 4) is 0 Å². The Hall–Kier alpha value is -2.29. The summed E-state index contributed by atoms with van der Waals surface area (Å²) in [4.78, 5) is 26.0. The number of nitrogens with one attached hydrogen (secondary N) is 2. The van der Waals surface area contributed by atoms with E-state index in [-0.39, 0.29) is 31.1 Å². The Balaban J connectivity index is 1.90. The van der Waals surface area contributed by atoms with E-state index in [0.29, 0.717) is 22.3 Å². The van der Waals surface area contributed by atoms with Gasteiger partial charge in [-0.05, 0) is 36.9 Å². The zero-order valence-corrected chi connectivity index (χ0v) is 17.5. The molecule has 0 spiro atoms. The van der Waals surface area contributed by atoms with Crippen LogP contribution in [0.5, 0.6) is 0 Å². The molecule has 0 saturated carbocycles. The lowest BCUT2D eigenvalue weighted by Gasteiger charge is -2.20. The number of halogens is 5. The van der Waals surface area contributed by atoms with Crippen LogP contribution in [0, 0.1) is 0 Å². The smallest absolute Gasteiger partial charge is 0.325 e. The number of para-hydroxylation sites is 1. The van der Waals surface area contributed by atoms with Crippen LogP contribution in [0.2, 0.25) is 10.0 Å². The minimum Gasteiger partial charge on any atom is -0.325 e. The summed E-state index contributed by atoms with van der Waals surface area (Å²) >= 11 is 11.9. The van der Waals surface area contributed by atoms with Gasteiger partial charge in [-0.1, -0.05) is 42.3 Å². The molecule has 0 bridgehead atoms. The number of hydrogen-bond donors (Lipinski definition) is 2. The third kappa shape index (κ3) is 7.19. The Kier molecular flexibility index (Phi) is 8.52. The van der Waals surface area contributed by atoms with Crippen molar-refractivity contribution in [2.24, 2.45) is 0 Å². The molecular formula is C20H20Cl2F3N3O2. The van der Waals surface area contributed by atoms with Crippen LogP contribution in [-0.2, 0) is 15.8 Å². The quantitative estimate of drug-likeness (QED) is 0.560. The fourth-order valence-electron chi connectivity index (χ4n) is 2.65. The molecule has 10 heteroatoms. The zero-order chi connectivity index (χ0) is 22.3. The molecule has 30 heavy (non-hydrogen) atoms. The van der Waals surface area contributed by atoms with E-state index in [2.05, 4.69) is 10.6 Å². The molecule has 2 aromatic rings. The lowest BCUT2D eigenvalue weighted by molar-refractivity contribution is -0.137. The lowest BCUT2D eigenvalue weighted by atomic mass is 10.1. The number of amides is 2. The summed E-state index contributed by atoms with van der Waals surface area (Å²) < 4.78 is 39.1. The van der Waals surface area contributed by atoms with E-state index >= 15 is 0 Å². The molecule has 0 heterocycles. The van der Waals surface area contributed by atoms with Gasteiger partial charge in [0, 0.05) is 18.0 Å². The molecule has 0 aliphatic heterocycles. The van der Waals surface area contributed by atoms with E-state index in [4.69, 9.17) is 23.2 Å². The first-order valence-corrected chi connectivity index (χ1v) is 9.79. The molecule has 0 radical (unpaired) electrons. The van der Waals surface area contributed by atoms with Crippen LogP contribution in [0.1, 0.15) is 18.9 Å². The SMILES string of the molecule is CCN(CCC(=O)Nc1cc(Cl)ccc1Cl)CC(=O)Nc1ccccc1C(F)(F)F. The number of carbonyl (C=O) groups excluding carboxylic acids is 2. The molecule has 2 rings (SSSR count). The molecule has 5 nitrogen and oxygen atoms in total. The summed E-state index contributed by atoms with van der Waals surface area (Å²) in [6.45, 7) is 2.28. The third-order valence-electron chi connectivity index (χ3n) is 4.18. The van der Waals surface area contributed by atoms with E-state index in [0.717, 1.165) is 6.07 Å². The molecule has 162 valence electrons. The second-order valence-electron chi connectivity index (χ2n) is 6.38. The molecule has 0 fully saturated rings. The van der Waals surface area contributed by atoms with Gasteiger partial charge in [0.2, 0.25) is 11.8 Å². The van der Waals surface area contributed by atoms with Crippen LogP contribution in [-0.4, -0.2) is 36.3 Å². The van der Waals surface area contributed by atoms with Crippen molar-refractivity contribution in [3.63, 3.8) is 0 Å². The molecule has 0 aliphatic rings. The monoisotopic (exact) mass is 461 g/mol. The number of anilines is 2. The molecule has 2 N–H and O–H groups in total. The second-order valence-corrected chi connectivity index (χ2v) is 7.23. The van der Waals surface area contributed by atoms with E-state index in [9.17, 15) is 22.8 Å². The van der Waals surface area contributed by atoms with Gasteiger partial charge < -0.3 is 10.6 Å².